The minimum absolute atomic E-state index is 0.346. The van der Waals surface area contributed by atoms with Crippen molar-refractivity contribution in [3.63, 3.8) is 0 Å². The van der Waals surface area contributed by atoms with Crippen LogP contribution in [0, 0.1) is 23.7 Å². The second kappa shape index (κ2) is 4.02. The van der Waals surface area contributed by atoms with Gasteiger partial charge in [-0.3, -0.25) is 4.79 Å². The van der Waals surface area contributed by atoms with Crippen LogP contribution in [-0.4, -0.2) is 30.4 Å². The summed E-state index contributed by atoms with van der Waals surface area (Å²) in [6.45, 7) is 2.61. The second-order valence-corrected chi connectivity index (χ2v) is 6.04. The van der Waals surface area contributed by atoms with Crippen molar-refractivity contribution in [2.24, 2.45) is 29.4 Å². The van der Waals surface area contributed by atoms with Gasteiger partial charge in [0.05, 0.1) is 0 Å². The van der Waals surface area contributed by atoms with Crippen molar-refractivity contribution in [3.8, 4) is 0 Å². The average Bonchev–Trinajstić information content (AvgIpc) is 2.95. The largest absolute Gasteiger partial charge is 0.342 e. The number of amides is 1. The van der Waals surface area contributed by atoms with E-state index in [0.29, 0.717) is 24.8 Å². The topological polar surface area (TPSA) is 46.3 Å². The second-order valence-electron chi connectivity index (χ2n) is 6.04. The number of rotatable bonds is 3. The van der Waals surface area contributed by atoms with Gasteiger partial charge >= 0.3 is 0 Å². The first kappa shape index (κ1) is 10.6. The summed E-state index contributed by atoms with van der Waals surface area (Å²) in [7, 11) is 0. The molecule has 16 heavy (non-hydrogen) atoms. The van der Waals surface area contributed by atoms with Crippen LogP contribution in [0.25, 0.3) is 0 Å². The number of hydrogen-bond donors (Lipinski definition) is 1. The third-order valence-corrected chi connectivity index (χ3v) is 4.97. The zero-order valence-electron chi connectivity index (χ0n) is 9.90. The monoisotopic (exact) mass is 222 g/mol. The molecule has 2 N–H and O–H groups in total. The molecular weight excluding hydrogens is 200 g/mol. The van der Waals surface area contributed by atoms with Gasteiger partial charge in [0.15, 0.2) is 0 Å². The van der Waals surface area contributed by atoms with Crippen LogP contribution in [0.2, 0.25) is 0 Å². The highest BCUT2D eigenvalue weighted by Crippen LogP contribution is 2.48. The Balaban J connectivity index is 1.57. The first-order valence-electron chi connectivity index (χ1n) is 6.74. The Morgan fingerprint density at radius 3 is 2.75 bits per heavy atom. The Hall–Kier alpha value is -0.570. The van der Waals surface area contributed by atoms with E-state index >= 15 is 0 Å². The first-order chi connectivity index (χ1) is 7.76. The van der Waals surface area contributed by atoms with E-state index in [9.17, 15) is 4.79 Å². The van der Waals surface area contributed by atoms with Crippen molar-refractivity contribution in [2.75, 3.05) is 19.6 Å². The highest BCUT2D eigenvalue weighted by atomic mass is 16.2. The highest BCUT2D eigenvalue weighted by molar-refractivity contribution is 5.78. The molecule has 1 heterocycles. The predicted octanol–water partition coefficient (Wildman–Crippen LogP) is 1.23. The summed E-state index contributed by atoms with van der Waals surface area (Å²) in [6.07, 6.45) is 6.37. The Morgan fingerprint density at radius 1 is 1.31 bits per heavy atom. The number of likely N-dealkylation sites (tertiary alicyclic amines) is 1. The molecule has 4 atom stereocenters. The summed E-state index contributed by atoms with van der Waals surface area (Å²) < 4.78 is 0. The number of nitrogens with two attached hydrogens (primary N) is 1. The van der Waals surface area contributed by atoms with Gasteiger partial charge in [0.2, 0.25) is 5.91 Å². The van der Waals surface area contributed by atoms with Crippen LogP contribution in [0.15, 0.2) is 0 Å². The smallest absolute Gasteiger partial charge is 0.222 e. The molecular formula is C13H22N2O. The highest BCUT2D eigenvalue weighted by Gasteiger charge is 2.41. The molecule has 3 fully saturated rings. The molecule has 1 saturated heterocycles. The molecule has 0 aromatic heterocycles. The van der Waals surface area contributed by atoms with Crippen LogP contribution >= 0.6 is 0 Å². The Kier molecular flexibility index (Phi) is 2.66. The van der Waals surface area contributed by atoms with E-state index in [-0.39, 0.29) is 0 Å². The van der Waals surface area contributed by atoms with Gasteiger partial charge in [0, 0.05) is 19.5 Å². The van der Waals surface area contributed by atoms with Crippen molar-refractivity contribution >= 4 is 5.91 Å². The van der Waals surface area contributed by atoms with E-state index in [1.54, 1.807) is 0 Å². The van der Waals surface area contributed by atoms with Gasteiger partial charge < -0.3 is 10.6 Å². The molecule has 3 aliphatic rings. The van der Waals surface area contributed by atoms with Crippen LogP contribution < -0.4 is 5.73 Å². The van der Waals surface area contributed by atoms with Gasteiger partial charge in [0.1, 0.15) is 0 Å². The molecule has 2 saturated carbocycles. The first-order valence-corrected chi connectivity index (χ1v) is 6.74. The molecule has 1 amide bonds. The predicted molar refractivity (Wildman–Crippen MR) is 62.7 cm³/mol. The van der Waals surface area contributed by atoms with Gasteiger partial charge in [-0.2, -0.15) is 0 Å². The van der Waals surface area contributed by atoms with Crippen molar-refractivity contribution in [2.45, 2.75) is 32.1 Å². The molecule has 0 spiro atoms. The lowest BCUT2D eigenvalue weighted by molar-refractivity contribution is -0.128. The minimum Gasteiger partial charge on any atom is -0.342 e. The van der Waals surface area contributed by atoms with Crippen molar-refractivity contribution in [1.29, 1.82) is 0 Å². The molecule has 2 bridgehead atoms. The van der Waals surface area contributed by atoms with Crippen LogP contribution in [0.1, 0.15) is 32.1 Å². The van der Waals surface area contributed by atoms with Gasteiger partial charge in [-0.05, 0) is 49.5 Å². The Morgan fingerprint density at radius 2 is 2.19 bits per heavy atom. The lowest BCUT2D eigenvalue weighted by atomic mass is 9.88. The summed E-state index contributed by atoms with van der Waals surface area (Å²) in [4.78, 5) is 13.9. The van der Waals surface area contributed by atoms with Gasteiger partial charge in [-0.1, -0.05) is 6.42 Å². The normalized spacial score (nSPS) is 42.3. The Labute approximate surface area is 97.4 Å². The van der Waals surface area contributed by atoms with E-state index in [2.05, 4.69) is 4.90 Å². The third-order valence-electron chi connectivity index (χ3n) is 4.97. The zero-order valence-corrected chi connectivity index (χ0v) is 9.90. The lowest BCUT2D eigenvalue weighted by Crippen LogP contribution is -2.33. The fraction of sp³-hybridized carbons (Fsp3) is 0.923. The molecule has 3 heteroatoms. The molecule has 4 unspecified atom stereocenters. The summed E-state index contributed by atoms with van der Waals surface area (Å²) >= 11 is 0. The molecule has 1 aliphatic heterocycles. The number of carbonyl (C=O) groups is 1. The maximum atomic E-state index is 11.8. The van der Waals surface area contributed by atoms with Gasteiger partial charge in [0.25, 0.3) is 0 Å². The number of carbonyl (C=O) groups excluding carboxylic acids is 1. The summed E-state index contributed by atoms with van der Waals surface area (Å²) in [6, 6.07) is 0. The molecule has 90 valence electrons. The fourth-order valence-electron chi connectivity index (χ4n) is 4.07. The van der Waals surface area contributed by atoms with E-state index in [4.69, 9.17) is 5.73 Å². The van der Waals surface area contributed by atoms with Crippen LogP contribution in [0.4, 0.5) is 0 Å². The average molecular weight is 222 g/mol. The van der Waals surface area contributed by atoms with Crippen molar-refractivity contribution in [1.82, 2.24) is 4.90 Å². The molecule has 3 rings (SSSR count). The number of fused-ring (bicyclic) bond motifs is 2. The minimum atomic E-state index is 0.346. The van der Waals surface area contributed by atoms with E-state index in [1.165, 1.54) is 25.7 Å². The standard InChI is InChI=1S/C13H22N2O/c14-6-10-5-13(16)15(7-10)8-12-4-9-1-2-11(12)3-9/h9-12H,1-8,14H2. The summed E-state index contributed by atoms with van der Waals surface area (Å²) in [5.74, 6) is 3.48. The maximum absolute atomic E-state index is 11.8. The molecule has 3 nitrogen and oxygen atoms in total. The maximum Gasteiger partial charge on any atom is 0.222 e. The van der Waals surface area contributed by atoms with Gasteiger partial charge in [-0.25, -0.2) is 0 Å². The van der Waals surface area contributed by atoms with Crippen LogP contribution in [0.3, 0.4) is 0 Å². The molecule has 0 radical (unpaired) electrons. The number of nitrogens with zero attached hydrogens (tertiary/aromatic N) is 1. The molecule has 0 aromatic rings. The van der Waals surface area contributed by atoms with E-state index < -0.39 is 0 Å². The SMILES string of the molecule is NCC1CC(=O)N(CC2CC3CCC2C3)C1. The quantitative estimate of drug-likeness (QED) is 0.780. The third kappa shape index (κ3) is 1.75. The lowest BCUT2D eigenvalue weighted by Gasteiger charge is -2.27. The van der Waals surface area contributed by atoms with Gasteiger partial charge in [-0.15, -0.1) is 0 Å². The van der Waals surface area contributed by atoms with E-state index in [1.807, 2.05) is 0 Å². The van der Waals surface area contributed by atoms with Crippen LogP contribution in [0.5, 0.6) is 0 Å². The van der Waals surface area contributed by atoms with Crippen molar-refractivity contribution in [3.05, 3.63) is 0 Å². The van der Waals surface area contributed by atoms with Crippen molar-refractivity contribution < 1.29 is 4.79 Å². The summed E-state index contributed by atoms with van der Waals surface area (Å²) in [5.41, 5.74) is 5.65. The zero-order chi connectivity index (χ0) is 11.1. The Bertz CT molecular complexity index is 292. The number of hydrogen-bond acceptors (Lipinski definition) is 2. The van der Waals surface area contributed by atoms with E-state index in [0.717, 1.165) is 30.8 Å². The molecule has 2 aliphatic carbocycles. The van der Waals surface area contributed by atoms with Crippen LogP contribution in [-0.2, 0) is 4.79 Å². The fourth-order valence-corrected chi connectivity index (χ4v) is 4.07. The summed E-state index contributed by atoms with van der Waals surface area (Å²) in [5, 5.41) is 0. The molecule has 0 aromatic carbocycles.